The number of hydrogen-bond donors (Lipinski definition) is 2. The smallest absolute Gasteiger partial charge is 0.0220 e. The lowest BCUT2D eigenvalue weighted by molar-refractivity contribution is 0.449. The first-order valence-electron chi connectivity index (χ1n) is 5.19. The van der Waals surface area contributed by atoms with Crippen LogP contribution < -0.4 is 5.32 Å². The van der Waals surface area contributed by atoms with Gasteiger partial charge in [-0.25, -0.2) is 0 Å². The zero-order valence-electron chi connectivity index (χ0n) is 8.64. The second-order valence-corrected chi connectivity index (χ2v) is 3.53. The van der Waals surface area contributed by atoms with E-state index in [0.717, 1.165) is 19.0 Å². The number of aromatic nitrogens is 1. The summed E-state index contributed by atoms with van der Waals surface area (Å²) in [5.41, 5.74) is 1.34. The minimum absolute atomic E-state index is 0.832. The van der Waals surface area contributed by atoms with E-state index in [2.05, 4.69) is 30.2 Å². The maximum atomic E-state index is 3.47. The average molecular weight is 180 g/mol. The van der Waals surface area contributed by atoms with Crippen molar-refractivity contribution in [1.82, 2.24) is 10.3 Å². The van der Waals surface area contributed by atoms with Crippen LogP contribution in [0.2, 0.25) is 0 Å². The van der Waals surface area contributed by atoms with Gasteiger partial charge in [0.2, 0.25) is 0 Å². The van der Waals surface area contributed by atoms with E-state index in [0.29, 0.717) is 0 Å². The molecule has 13 heavy (non-hydrogen) atoms. The summed E-state index contributed by atoms with van der Waals surface area (Å²) in [6, 6.07) is 2.11. The number of hydrogen-bond acceptors (Lipinski definition) is 1. The topological polar surface area (TPSA) is 27.8 Å². The van der Waals surface area contributed by atoms with Crippen molar-refractivity contribution in [1.29, 1.82) is 0 Å². The van der Waals surface area contributed by atoms with Crippen LogP contribution in [0.1, 0.15) is 32.3 Å². The van der Waals surface area contributed by atoms with Crippen LogP contribution in [0.3, 0.4) is 0 Å². The van der Waals surface area contributed by atoms with Crippen LogP contribution in [-0.4, -0.2) is 11.5 Å². The van der Waals surface area contributed by atoms with Crippen LogP contribution in [0.5, 0.6) is 0 Å². The third kappa shape index (κ3) is 3.64. The molecule has 0 fully saturated rings. The molecule has 0 radical (unpaired) electrons. The van der Waals surface area contributed by atoms with Gasteiger partial charge >= 0.3 is 0 Å². The van der Waals surface area contributed by atoms with Crippen molar-refractivity contribution in [2.75, 3.05) is 6.54 Å². The summed E-state index contributed by atoms with van der Waals surface area (Å²) in [7, 11) is 0. The Hall–Kier alpha value is -0.760. The van der Waals surface area contributed by atoms with Crippen molar-refractivity contribution in [3.63, 3.8) is 0 Å². The van der Waals surface area contributed by atoms with Crippen molar-refractivity contribution >= 4 is 0 Å². The minimum Gasteiger partial charge on any atom is -0.367 e. The molecule has 0 saturated heterocycles. The van der Waals surface area contributed by atoms with Gasteiger partial charge < -0.3 is 10.3 Å². The summed E-state index contributed by atoms with van der Waals surface area (Å²) in [5, 5.41) is 3.47. The van der Waals surface area contributed by atoms with Gasteiger partial charge in [-0.3, -0.25) is 0 Å². The molecule has 0 aliphatic heterocycles. The summed E-state index contributed by atoms with van der Waals surface area (Å²) in [5.74, 6) is 0.832. The Morgan fingerprint density at radius 3 is 2.69 bits per heavy atom. The van der Waals surface area contributed by atoms with Crippen molar-refractivity contribution in [2.45, 2.75) is 33.2 Å². The Kier molecular flexibility index (Phi) is 4.61. The lowest BCUT2D eigenvalue weighted by atomic mass is 10.0. The SMILES string of the molecule is CCC(CC)CNCc1cc[nH]c1. The molecule has 1 heterocycles. The van der Waals surface area contributed by atoms with Crippen LogP contribution in [0.4, 0.5) is 0 Å². The Balaban J connectivity index is 2.13. The molecular weight excluding hydrogens is 160 g/mol. The van der Waals surface area contributed by atoms with Crippen LogP contribution in [0.25, 0.3) is 0 Å². The Morgan fingerprint density at radius 1 is 1.38 bits per heavy atom. The van der Waals surface area contributed by atoms with Crippen molar-refractivity contribution in [3.8, 4) is 0 Å². The maximum Gasteiger partial charge on any atom is 0.0220 e. The summed E-state index contributed by atoms with van der Waals surface area (Å²) < 4.78 is 0. The molecule has 0 aliphatic rings. The summed E-state index contributed by atoms with van der Waals surface area (Å²) in [6.07, 6.45) is 6.56. The fraction of sp³-hybridized carbons (Fsp3) is 0.636. The molecule has 2 heteroatoms. The van der Waals surface area contributed by atoms with E-state index in [-0.39, 0.29) is 0 Å². The molecule has 0 aromatic carbocycles. The average Bonchev–Trinajstić information content (AvgIpc) is 2.65. The van der Waals surface area contributed by atoms with Crippen molar-refractivity contribution < 1.29 is 0 Å². The Bertz CT molecular complexity index is 200. The second-order valence-electron chi connectivity index (χ2n) is 3.53. The zero-order valence-corrected chi connectivity index (χ0v) is 8.64. The number of nitrogens with one attached hydrogen (secondary N) is 2. The summed E-state index contributed by atoms with van der Waals surface area (Å²) in [4.78, 5) is 3.06. The molecule has 1 rings (SSSR count). The van der Waals surface area contributed by atoms with E-state index in [4.69, 9.17) is 0 Å². The van der Waals surface area contributed by atoms with Gasteiger partial charge in [-0.15, -0.1) is 0 Å². The Morgan fingerprint density at radius 2 is 2.15 bits per heavy atom. The molecule has 0 unspecified atom stereocenters. The first-order chi connectivity index (χ1) is 6.36. The normalized spacial score (nSPS) is 11.0. The zero-order chi connectivity index (χ0) is 9.52. The van der Waals surface area contributed by atoms with Crippen LogP contribution in [0, 0.1) is 5.92 Å². The highest BCUT2D eigenvalue weighted by atomic mass is 14.9. The largest absolute Gasteiger partial charge is 0.367 e. The van der Waals surface area contributed by atoms with Crippen molar-refractivity contribution in [2.24, 2.45) is 5.92 Å². The van der Waals surface area contributed by atoms with E-state index in [9.17, 15) is 0 Å². The van der Waals surface area contributed by atoms with Gasteiger partial charge in [-0.05, 0) is 24.1 Å². The fourth-order valence-corrected chi connectivity index (χ4v) is 1.47. The molecule has 0 saturated carbocycles. The standard InChI is InChI=1S/C11H20N2/c1-3-10(4-2)7-13-9-11-5-6-12-8-11/h5-6,8,10,12-13H,3-4,7,9H2,1-2H3. The maximum absolute atomic E-state index is 3.47. The van der Waals surface area contributed by atoms with Gasteiger partial charge in [0.25, 0.3) is 0 Å². The third-order valence-corrected chi connectivity index (χ3v) is 2.58. The van der Waals surface area contributed by atoms with E-state index in [1.54, 1.807) is 0 Å². The molecule has 74 valence electrons. The molecule has 2 nitrogen and oxygen atoms in total. The van der Waals surface area contributed by atoms with Gasteiger partial charge in [0.1, 0.15) is 0 Å². The van der Waals surface area contributed by atoms with Gasteiger partial charge in [-0.1, -0.05) is 26.7 Å². The van der Waals surface area contributed by atoms with E-state index in [1.807, 2.05) is 12.4 Å². The molecule has 2 N–H and O–H groups in total. The highest BCUT2D eigenvalue weighted by Crippen LogP contribution is 2.05. The lowest BCUT2D eigenvalue weighted by Gasteiger charge is -2.12. The molecule has 0 amide bonds. The second kappa shape index (κ2) is 5.81. The molecule has 0 aliphatic carbocycles. The van der Waals surface area contributed by atoms with E-state index in [1.165, 1.54) is 18.4 Å². The third-order valence-electron chi connectivity index (χ3n) is 2.58. The quantitative estimate of drug-likeness (QED) is 0.691. The van der Waals surface area contributed by atoms with Crippen LogP contribution >= 0.6 is 0 Å². The predicted molar refractivity (Wildman–Crippen MR) is 56.6 cm³/mol. The van der Waals surface area contributed by atoms with E-state index < -0.39 is 0 Å². The molecule has 0 spiro atoms. The molecule has 0 atom stereocenters. The number of rotatable bonds is 6. The molecule has 1 aromatic rings. The number of aromatic amines is 1. The van der Waals surface area contributed by atoms with Crippen LogP contribution in [0.15, 0.2) is 18.5 Å². The highest BCUT2D eigenvalue weighted by Gasteiger charge is 2.01. The molecule has 1 aromatic heterocycles. The number of H-pyrrole nitrogens is 1. The van der Waals surface area contributed by atoms with Gasteiger partial charge in [-0.2, -0.15) is 0 Å². The predicted octanol–water partition coefficient (Wildman–Crippen LogP) is 2.54. The minimum atomic E-state index is 0.832. The molecular formula is C11H20N2. The first-order valence-corrected chi connectivity index (χ1v) is 5.19. The lowest BCUT2D eigenvalue weighted by Crippen LogP contribution is -2.21. The van der Waals surface area contributed by atoms with Gasteiger partial charge in [0, 0.05) is 18.9 Å². The first kappa shape index (κ1) is 10.3. The highest BCUT2D eigenvalue weighted by molar-refractivity contribution is 5.07. The Labute approximate surface area is 80.7 Å². The summed E-state index contributed by atoms with van der Waals surface area (Å²) in [6.45, 7) is 6.64. The summed E-state index contributed by atoms with van der Waals surface area (Å²) >= 11 is 0. The van der Waals surface area contributed by atoms with Crippen molar-refractivity contribution in [3.05, 3.63) is 24.0 Å². The van der Waals surface area contributed by atoms with E-state index >= 15 is 0 Å². The van der Waals surface area contributed by atoms with Gasteiger partial charge in [0.15, 0.2) is 0 Å². The molecule has 0 bridgehead atoms. The monoisotopic (exact) mass is 180 g/mol. The van der Waals surface area contributed by atoms with Crippen LogP contribution in [-0.2, 0) is 6.54 Å². The van der Waals surface area contributed by atoms with Gasteiger partial charge in [0.05, 0.1) is 0 Å². The fourth-order valence-electron chi connectivity index (χ4n) is 1.47.